The summed E-state index contributed by atoms with van der Waals surface area (Å²) in [5, 5.41) is 6.06. The molecule has 2 atom stereocenters. The third kappa shape index (κ3) is 6.15. The molecule has 1 aliphatic rings. The average molecular weight is 409 g/mol. The fourth-order valence-electron chi connectivity index (χ4n) is 3.67. The Labute approximate surface area is 179 Å². The Morgan fingerprint density at radius 1 is 0.933 bits per heavy atom. The maximum atomic E-state index is 12.7. The average Bonchev–Trinajstić information content (AvgIpc) is 2.76. The van der Waals surface area contributed by atoms with Crippen molar-refractivity contribution in [1.29, 1.82) is 0 Å². The van der Waals surface area contributed by atoms with Crippen molar-refractivity contribution in [3.63, 3.8) is 0 Å². The molecule has 30 heavy (non-hydrogen) atoms. The van der Waals surface area contributed by atoms with Crippen molar-refractivity contribution in [3.05, 3.63) is 65.7 Å². The van der Waals surface area contributed by atoms with Crippen molar-refractivity contribution in [2.75, 3.05) is 38.0 Å². The normalized spacial score (nSPS) is 17.2. The first-order valence-electron chi connectivity index (χ1n) is 10.6. The second-order valence-electron chi connectivity index (χ2n) is 8.04. The molecule has 2 aromatic rings. The van der Waals surface area contributed by atoms with Crippen molar-refractivity contribution < 1.29 is 9.59 Å². The molecule has 0 unspecified atom stereocenters. The third-order valence-electron chi connectivity index (χ3n) is 5.69. The maximum Gasteiger partial charge on any atom is 0.238 e. The van der Waals surface area contributed by atoms with Gasteiger partial charge in [0.05, 0.1) is 18.6 Å². The number of nitrogens with zero attached hydrogens (tertiary/aromatic N) is 2. The standard InChI is InChI=1S/C24H32N4O2/c1-18-9-11-22(12-10-18)26-23(29)17-27-13-15-28(16-14-27)20(3)24(30)25-19(2)21-7-5-4-6-8-21/h4-12,19-20H,13-17H2,1-3H3,(H,25,30)(H,26,29)/t19-,20-/m0/s1. The number of benzene rings is 2. The van der Waals surface area contributed by atoms with Crippen LogP contribution in [-0.2, 0) is 9.59 Å². The highest BCUT2D eigenvalue weighted by Crippen LogP contribution is 2.13. The summed E-state index contributed by atoms with van der Waals surface area (Å²) in [5.74, 6) is 0.0340. The van der Waals surface area contributed by atoms with Crippen molar-refractivity contribution in [3.8, 4) is 0 Å². The molecule has 6 heteroatoms. The Morgan fingerprint density at radius 3 is 2.20 bits per heavy atom. The first kappa shape index (κ1) is 22.0. The van der Waals surface area contributed by atoms with E-state index in [1.165, 1.54) is 5.56 Å². The summed E-state index contributed by atoms with van der Waals surface area (Å²) in [6.45, 7) is 9.43. The molecule has 1 fully saturated rings. The van der Waals surface area contributed by atoms with Gasteiger partial charge in [0, 0.05) is 31.9 Å². The van der Waals surface area contributed by atoms with Crippen molar-refractivity contribution in [2.45, 2.75) is 32.9 Å². The van der Waals surface area contributed by atoms with Gasteiger partial charge in [-0.15, -0.1) is 0 Å². The van der Waals surface area contributed by atoms with Crippen LogP contribution in [0.15, 0.2) is 54.6 Å². The number of rotatable bonds is 7. The minimum absolute atomic E-state index is 0.00483. The van der Waals surface area contributed by atoms with Gasteiger partial charge in [-0.1, -0.05) is 48.0 Å². The van der Waals surface area contributed by atoms with E-state index in [-0.39, 0.29) is 23.9 Å². The largest absolute Gasteiger partial charge is 0.348 e. The number of carbonyl (C=O) groups excluding carboxylic acids is 2. The van der Waals surface area contributed by atoms with Crippen molar-refractivity contribution in [1.82, 2.24) is 15.1 Å². The lowest BCUT2D eigenvalue weighted by Gasteiger charge is -2.37. The molecule has 1 aliphatic heterocycles. The van der Waals surface area contributed by atoms with Gasteiger partial charge in [0.2, 0.25) is 11.8 Å². The van der Waals surface area contributed by atoms with E-state index < -0.39 is 0 Å². The van der Waals surface area contributed by atoms with Crippen molar-refractivity contribution in [2.24, 2.45) is 0 Å². The van der Waals surface area contributed by atoms with E-state index in [9.17, 15) is 9.59 Å². The molecule has 160 valence electrons. The highest BCUT2D eigenvalue weighted by molar-refractivity contribution is 5.92. The molecule has 1 saturated heterocycles. The summed E-state index contributed by atoms with van der Waals surface area (Å²) in [4.78, 5) is 29.3. The summed E-state index contributed by atoms with van der Waals surface area (Å²) in [6.07, 6.45) is 0. The Bertz CT molecular complexity index is 830. The zero-order valence-electron chi connectivity index (χ0n) is 18.1. The summed E-state index contributed by atoms with van der Waals surface area (Å²) in [7, 11) is 0. The highest BCUT2D eigenvalue weighted by Gasteiger charge is 2.27. The lowest BCUT2D eigenvalue weighted by molar-refractivity contribution is -0.127. The molecule has 0 spiro atoms. The Morgan fingerprint density at radius 2 is 1.57 bits per heavy atom. The Hall–Kier alpha value is -2.70. The predicted molar refractivity (Wildman–Crippen MR) is 120 cm³/mol. The van der Waals surface area contributed by atoms with Gasteiger partial charge in [-0.2, -0.15) is 0 Å². The lowest BCUT2D eigenvalue weighted by atomic mass is 10.1. The van der Waals surface area contributed by atoms with E-state index in [4.69, 9.17) is 0 Å². The van der Waals surface area contributed by atoms with Crippen LogP contribution >= 0.6 is 0 Å². The van der Waals surface area contributed by atoms with E-state index in [0.29, 0.717) is 6.54 Å². The molecule has 0 aromatic heterocycles. The van der Waals surface area contributed by atoms with E-state index in [0.717, 1.165) is 37.4 Å². The molecule has 3 rings (SSSR count). The minimum Gasteiger partial charge on any atom is -0.348 e. The molecule has 0 aliphatic carbocycles. The van der Waals surface area contributed by atoms with Gasteiger partial charge in [-0.3, -0.25) is 19.4 Å². The fraction of sp³-hybridized carbons (Fsp3) is 0.417. The fourth-order valence-corrected chi connectivity index (χ4v) is 3.67. The molecule has 0 bridgehead atoms. The van der Waals surface area contributed by atoms with Gasteiger partial charge >= 0.3 is 0 Å². The minimum atomic E-state index is -0.195. The molecule has 2 amide bonds. The second kappa shape index (κ2) is 10.4. The van der Waals surface area contributed by atoms with Crippen LogP contribution in [0.5, 0.6) is 0 Å². The molecule has 6 nitrogen and oxygen atoms in total. The van der Waals surface area contributed by atoms with Gasteiger partial charge in [0.25, 0.3) is 0 Å². The van der Waals surface area contributed by atoms with Crippen LogP contribution in [0.3, 0.4) is 0 Å². The number of hydrogen-bond donors (Lipinski definition) is 2. The van der Waals surface area contributed by atoms with Crippen LogP contribution in [0.1, 0.15) is 31.0 Å². The lowest BCUT2D eigenvalue weighted by Crippen LogP contribution is -2.55. The van der Waals surface area contributed by atoms with Gasteiger partial charge in [-0.25, -0.2) is 0 Å². The number of nitrogens with one attached hydrogen (secondary N) is 2. The van der Waals surface area contributed by atoms with Crippen LogP contribution in [0.4, 0.5) is 5.69 Å². The summed E-state index contributed by atoms with van der Waals surface area (Å²) in [5.41, 5.74) is 3.09. The number of amides is 2. The van der Waals surface area contributed by atoms with Crippen LogP contribution in [0.25, 0.3) is 0 Å². The van der Waals surface area contributed by atoms with Gasteiger partial charge in [-0.05, 0) is 38.5 Å². The number of carbonyl (C=O) groups is 2. The SMILES string of the molecule is Cc1ccc(NC(=O)CN2CCN([C@@H](C)C(=O)N[C@@H](C)c3ccccc3)CC2)cc1. The first-order valence-corrected chi connectivity index (χ1v) is 10.6. The Balaban J connectivity index is 1.42. The number of anilines is 1. The molecule has 2 N–H and O–H groups in total. The number of hydrogen-bond acceptors (Lipinski definition) is 4. The zero-order chi connectivity index (χ0) is 21.5. The van der Waals surface area contributed by atoms with E-state index in [1.54, 1.807) is 0 Å². The molecule has 0 radical (unpaired) electrons. The number of piperazine rings is 1. The number of aryl methyl sites for hydroxylation is 1. The van der Waals surface area contributed by atoms with Crippen LogP contribution < -0.4 is 10.6 Å². The zero-order valence-corrected chi connectivity index (χ0v) is 18.1. The Kier molecular flexibility index (Phi) is 7.60. The third-order valence-corrected chi connectivity index (χ3v) is 5.69. The van der Waals surface area contributed by atoms with Gasteiger partial charge in [0.1, 0.15) is 0 Å². The van der Waals surface area contributed by atoms with Gasteiger partial charge in [0.15, 0.2) is 0 Å². The topological polar surface area (TPSA) is 64.7 Å². The molecule has 2 aromatic carbocycles. The summed E-state index contributed by atoms with van der Waals surface area (Å²) < 4.78 is 0. The second-order valence-corrected chi connectivity index (χ2v) is 8.04. The maximum absolute atomic E-state index is 12.7. The van der Waals surface area contributed by atoms with Crippen molar-refractivity contribution >= 4 is 17.5 Å². The summed E-state index contributed by atoms with van der Waals surface area (Å²) in [6, 6.07) is 17.6. The van der Waals surface area contributed by atoms with E-state index in [1.807, 2.05) is 75.4 Å². The van der Waals surface area contributed by atoms with Crippen LogP contribution in [-0.4, -0.2) is 60.4 Å². The van der Waals surface area contributed by atoms with Gasteiger partial charge < -0.3 is 10.6 Å². The van der Waals surface area contributed by atoms with E-state index in [2.05, 4.69) is 20.4 Å². The molecule has 0 saturated carbocycles. The van der Waals surface area contributed by atoms with Crippen LogP contribution in [0, 0.1) is 6.92 Å². The smallest absolute Gasteiger partial charge is 0.238 e. The first-order chi connectivity index (χ1) is 14.4. The van der Waals surface area contributed by atoms with E-state index >= 15 is 0 Å². The monoisotopic (exact) mass is 408 g/mol. The highest BCUT2D eigenvalue weighted by atomic mass is 16.2. The van der Waals surface area contributed by atoms with Crippen LogP contribution in [0.2, 0.25) is 0 Å². The molecular weight excluding hydrogens is 376 g/mol. The summed E-state index contributed by atoms with van der Waals surface area (Å²) >= 11 is 0. The molecular formula is C24H32N4O2. The quantitative estimate of drug-likeness (QED) is 0.740. The molecule has 1 heterocycles. The predicted octanol–water partition coefficient (Wildman–Crippen LogP) is 2.82.